The van der Waals surface area contributed by atoms with Crippen LogP contribution in [0.5, 0.6) is 0 Å². The Labute approximate surface area is 677 Å². The number of carbonyl (C=O) groups excluding carboxylic acids is 3. The summed E-state index contributed by atoms with van der Waals surface area (Å²) in [5, 5.41) is 14.7. The van der Waals surface area contributed by atoms with E-state index in [2.05, 4.69) is 215 Å². The van der Waals surface area contributed by atoms with Gasteiger partial charge in [0.25, 0.3) is 5.91 Å². The highest BCUT2D eigenvalue weighted by Gasteiger charge is 2.22. The van der Waals surface area contributed by atoms with Crippen LogP contribution >= 0.6 is 0 Å². The summed E-state index contributed by atoms with van der Waals surface area (Å²) in [7, 11) is 23.6. The fourth-order valence-corrected chi connectivity index (χ4v) is 14.6. The molecule has 0 unspecified atom stereocenters. The number of benzene rings is 3. The second kappa shape index (κ2) is 59.9. The maximum absolute atomic E-state index is 12.0. The number of aliphatic hydroxyl groups is 1. The van der Waals surface area contributed by atoms with Crippen LogP contribution in [0.25, 0.3) is 0 Å². The van der Waals surface area contributed by atoms with Crippen molar-refractivity contribution in [2.45, 2.75) is 77.8 Å². The molecule has 11 aliphatic heterocycles. The summed E-state index contributed by atoms with van der Waals surface area (Å²) in [6.07, 6.45) is 12.5. The maximum Gasteiger partial charge on any atom is 0.253 e. The topological polar surface area (TPSA) is 154 Å². The van der Waals surface area contributed by atoms with E-state index in [-0.39, 0.29) is 17.7 Å². The van der Waals surface area contributed by atoms with Crippen molar-refractivity contribution in [3.8, 4) is 0 Å². The SMILES string of the molecule is CC(=O)N1CCN(C)CC1.CN1CCCCCC1.CN1CCCN(C)CC1.CN1CCCN(Cc2ccccc2)CC1.CN1CCCNCC1.CN1CCN(C(=O)c2ccccc2)CC1.CN1CCN(CCN2CCCC2)CC1.CN1CCN(CCO)CC1.CN1CCN(Cc2ccccc2)CC1.CN1CCNC(=O)C1. The van der Waals surface area contributed by atoms with Crippen molar-refractivity contribution in [3.05, 3.63) is 108 Å². The number of hydrogen-bond donors (Lipinski definition) is 3. The molecule has 0 aliphatic carbocycles. The minimum atomic E-state index is 0.138. The zero-order chi connectivity index (χ0) is 80.1. The zero-order valence-electron chi connectivity index (χ0n) is 72.6. The lowest BCUT2D eigenvalue weighted by molar-refractivity contribution is -0.130. The molecule has 11 aliphatic rings. The van der Waals surface area contributed by atoms with Crippen LogP contribution in [0.4, 0.5) is 0 Å². The van der Waals surface area contributed by atoms with Gasteiger partial charge in [0.2, 0.25) is 11.8 Å². The first-order valence-electron chi connectivity index (χ1n) is 43.1. The van der Waals surface area contributed by atoms with Crippen LogP contribution in [0.1, 0.15) is 86.2 Å². The molecule has 11 saturated heterocycles. The van der Waals surface area contributed by atoms with Gasteiger partial charge in [-0.25, -0.2) is 0 Å². The Kier molecular flexibility index (Phi) is 52.3. The summed E-state index contributed by atoms with van der Waals surface area (Å²) < 4.78 is 0. The molecule has 3 N–H and O–H groups in total. The van der Waals surface area contributed by atoms with E-state index in [1.807, 2.05) is 52.1 Å². The van der Waals surface area contributed by atoms with E-state index in [0.717, 1.165) is 123 Å². The smallest absolute Gasteiger partial charge is 0.253 e. The number of amides is 3. The molecule has 0 spiro atoms. The normalized spacial score (nSPS) is 22.4. The third-order valence-corrected chi connectivity index (χ3v) is 22.8. The Hall–Kier alpha value is -4.65. The van der Waals surface area contributed by atoms with Crippen LogP contribution in [0.3, 0.4) is 0 Å². The second-order valence-corrected chi connectivity index (χ2v) is 33.0. The van der Waals surface area contributed by atoms with E-state index >= 15 is 0 Å². The van der Waals surface area contributed by atoms with Crippen molar-refractivity contribution >= 4 is 17.7 Å². The molecule has 0 aromatic heterocycles. The van der Waals surface area contributed by atoms with Gasteiger partial charge in [0.05, 0.1) is 13.2 Å². The predicted octanol–water partition coefficient (Wildman–Crippen LogP) is 4.37. The molecular weight excluding hydrogens is 1390 g/mol. The molecule has 0 atom stereocenters. The Bertz CT molecular complexity index is 2680. The standard InChI is InChI=1S/C13H20N2.C12H16N2O.C12H18N2.C11H23N3.C7H14N2O.C7H16N2O.C7H16N2.C7H15N.C6H14N2.C5H10N2O/c1-14-8-5-9-15(11-10-14)12-13-6-3-2-4-7-13;1-13-7-9-14(10-8-13)12(15)11-5-3-2-4-6-11;1-13-7-9-14(10-8-13)11-12-5-3-2-4-6-12;1-12-6-8-14(9-7-12)11-10-13-4-2-3-5-13;1-7(10)9-5-3-8(2)4-6-9;1-8-2-4-9(5-3-8)6-7-10;1-8-4-3-5-9(2)7-6-8;1-8-6-4-2-3-5-7-8;1-8-5-2-3-7-4-6-8;1-7-3-2-6-5(8)4-7/h2-4,6-7H,5,8-12H2,1H3;2-6H,7-10H2,1H3;2-6H,7-11H2,1H3;2-11H2,1H3;3-6H2,1-2H3;10H,2-7H2,1H3;3-7H2,1-2H3;2-7H2,1H3;7H,2-6H2,1H3;2-4H2,1H3,(H,6,8). The van der Waals surface area contributed by atoms with E-state index in [1.54, 1.807) is 6.92 Å². The van der Waals surface area contributed by atoms with E-state index < -0.39 is 0 Å². The number of likely N-dealkylation sites (tertiary alicyclic amines) is 2. The molecule has 634 valence electrons. The average molecular weight is 1550 g/mol. The summed E-state index contributed by atoms with van der Waals surface area (Å²) in [5.74, 6) is 0.496. The highest BCUT2D eigenvalue weighted by atomic mass is 16.3. The van der Waals surface area contributed by atoms with E-state index in [4.69, 9.17) is 5.11 Å². The number of nitrogens with one attached hydrogen (secondary N) is 2. The first-order valence-corrected chi connectivity index (χ1v) is 43.1. The van der Waals surface area contributed by atoms with Gasteiger partial charge >= 0.3 is 0 Å². The Morgan fingerprint density at radius 1 is 0.306 bits per heavy atom. The van der Waals surface area contributed by atoms with Crippen molar-refractivity contribution in [1.29, 1.82) is 0 Å². The van der Waals surface area contributed by atoms with Crippen molar-refractivity contribution in [3.63, 3.8) is 0 Å². The highest BCUT2D eigenvalue weighted by molar-refractivity contribution is 5.94. The Morgan fingerprint density at radius 2 is 0.622 bits per heavy atom. The summed E-state index contributed by atoms with van der Waals surface area (Å²) >= 11 is 0. The van der Waals surface area contributed by atoms with Gasteiger partial charge in [-0.3, -0.25) is 38.9 Å². The summed E-state index contributed by atoms with van der Waals surface area (Å²) in [6.45, 7) is 51.7. The fourth-order valence-electron chi connectivity index (χ4n) is 14.6. The minimum absolute atomic E-state index is 0.138. The van der Waals surface area contributed by atoms with Crippen LogP contribution in [0.15, 0.2) is 91.0 Å². The van der Waals surface area contributed by atoms with Crippen molar-refractivity contribution in [1.82, 2.24) is 98.8 Å². The average Bonchev–Trinajstić information content (AvgIpc) is 1.53. The van der Waals surface area contributed by atoms with Crippen LogP contribution < -0.4 is 10.6 Å². The van der Waals surface area contributed by atoms with Gasteiger partial charge < -0.3 is 79.4 Å². The summed E-state index contributed by atoms with van der Waals surface area (Å²) in [4.78, 5) is 75.3. The first-order chi connectivity index (χ1) is 53.7. The first kappa shape index (κ1) is 96.9. The summed E-state index contributed by atoms with van der Waals surface area (Å²) in [6, 6.07) is 31.0. The van der Waals surface area contributed by atoms with Gasteiger partial charge in [-0.1, -0.05) is 91.7 Å². The molecule has 0 saturated carbocycles. The highest BCUT2D eigenvalue weighted by Crippen LogP contribution is 2.13. The minimum Gasteiger partial charge on any atom is -0.395 e. The number of likely N-dealkylation sites (N-methyl/N-ethyl adjacent to an activating group) is 10. The number of aliphatic hydroxyl groups excluding tert-OH is 1. The molecule has 111 heavy (non-hydrogen) atoms. The molecule has 3 amide bonds. The van der Waals surface area contributed by atoms with Gasteiger partial charge in [0, 0.05) is 228 Å². The van der Waals surface area contributed by atoms with E-state index in [0.29, 0.717) is 13.2 Å². The van der Waals surface area contributed by atoms with E-state index in [9.17, 15) is 14.4 Å². The third-order valence-electron chi connectivity index (χ3n) is 22.8. The molecule has 24 heteroatoms. The quantitative estimate of drug-likeness (QED) is 0.263. The maximum atomic E-state index is 12.0. The number of piperazine rings is 6. The molecule has 24 nitrogen and oxygen atoms in total. The summed E-state index contributed by atoms with van der Waals surface area (Å²) in [5.41, 5.74) is 3.65. The Balaban J connectivity index is 0.000000223. The van der Waals surface area contributed by atoms with Gasteiger partial charge in [0.15, 0.2) is 0 Å². The van der Waals surface area contributed by atoms with Gasteiger partial charge in [-0.15, -0.1) is 0 Å². The number of nitrogens with zero attached hydrogens (tertiary/aromatic N) is 18. The van der Waals surface area contributed by atoms with Gasteiger partial charge in [-0.05, 0) is 211 Å². The molecule has 11 fully saturated rings. The predicted molar refractivity (Wildman–Crippen MR) is 464 cm³/mol. The van der Waals surface area contributed by atoms with Gasteiger partial charge in [-0.2, -0.15) is 0 Å². The van der Waals surface area contributed by atoms with Crippen LogP contribution in [0.2, 0.25) is 0 Å². The zero-order valence-corrected chi connectivity index (χ0v) is 72.6. The van der Waals surface area contributed by atoms with Gasteiger partial charge in [0.1, 0.15) is 0 Å². The molecule has 3 aromatic rings. The van der Waals surface area contributed by atoms with Crippen molar-refractivity contribution in [2.24, 2.45) is 0 Å². The van der Waals surface area contributed by atoms with Crippen LogP contribution in [-0.4, -0.2) is 470 Å². The van der Waals surface area contributed by atoms with E-state index in [1.165, 1.54) is 233 Å². The van der Waals surface area contributed by atoms with Crippen molar-refractivity contribution in [2.75, 3.05) is 359 Å². The van der Waals surface area contributed by atoms with Crippen LogP contribution in [0, 0.1) is 0 Å². The molecule has 0 radical (unpaired) electrons. The van der Waals surface area contributed by atoms with Crippen molar-refractivity contribution < 1.29 is 19.5 Å². The van der Waals surface area contributed by atoms with Crippen LogP contribution in [-0.2, 0) is 22.7 Å². The molecule has 14 rings (SSSR count). The largest absolute Gasteiger partial charge is 0.395 e. The lowest BCUT2D eigenvalue weighted by Crippen LogP contribution is -2.47. The molecule has 11 heterocycles. The Morgan fingerprint density at radius 3 is 1.05 bits per heavy atom. The third kappa shape index (κ3) is 47.2. The number of carbonyl (C=O) groups is 3. The number of rotatable bonds is 10. The fraction of sp³-hybridized carbons (Fsp3) is 0.759. The molecular formula is C87H162N20O4. The number of hydrogen-bond acceptors (Lipinski definition) is 21. The molecule has 0 bridgehead atoms. The lowest BCUT2D eigenvalue weighted by atomic mass is 10.2. The molecule has 3 aromatic carbocycles. The monoisotopic (exact) mass is 1550 g/mol. The second-order valence-electron chi connectivity index (χ2n) is 33.0. The number of β-amino-alcohol motifs (C(OH)–C–C–N with tert-alkyl or cyclic N) is 1. The lowest BCUT2D eigenvalue weighted by Gasteiger charge is -2.33.